The minimum Gasteiger partial charge on any atom is -0.236 e. The molecule has 1 heterocycles. The molecule has 2 aromatic carbocycles. The van der Waals surface area contributed by atoms with Gasteiger partial charge < -0.3 is 0 Å². The Kier molecular flexibility index (Phi) is 4.70. The van der Waals surface area contributed by atoms with Crippen molar-refractivity contribution in [3.63, 3.8) is 0 Å². The van der Waals surface area contributed by atoms with Gasteiger partial charge in [0.15, 0.2) is 5.82 Å². The zero-order valence-corrected chi connectivity index (χ0v) is 16.7. The zero-order valence-electron chi connectivity index (χ0n) is 16.7. The highest BCUT2D eigenvalue weighted by Crippen LogP contribution is 2.33. The standard InChI is InChI=1S/C24H28N2/c1-23(2,3)20-16-25-22(26-21(20)24(4,5)6)19-14-12-18(13-15-19)17-10-8-7-9-11-17/h7-16H,1-6H3. The summed E-state index contributed by atoms with van der Waals surface area (Å²) in [6.07, 6.45) is 2.01. The molecular weight excluding hydrogens is 316 g/mol. The van der Waals surface area contributed by atoms with Crippen LogP contribution in [0.1, 0.15) is 52.8 Å². The summed E-state index contributed by atoms with van der Waals surface area (Å²) in [5.41, 5.74) is 5.82. The first kappa shape index (κ1) is 18.3. The van der Waals surface area contributed by atoms with Gasteiger partial charge in [0.05, 0.1) is 5.69 Å². The molecule has 3 rings (SSSR count). The summed E-state index contributed by atoms with van der Waals surface area (Å²) >= 11 is 0. The van der Waals surface area contributed by atoms with Gasteiger partial charge in [0, 0.05) is 17.2 Å². The lowest BCUT2D eigenvalue weighted by Gasteiger charge is -2.28. The Morgan fingerprint density at radius 3 is 1.69 bits per heavy atom. The summed E-state index contributed by atoms with van der Waals surface area (Å²) in [7, 11) is 0. The number of benzene rings is 2. The van der Waals surface area contributed by atoms with Crippen molar-refractivity contribution < 1.29 is 0 Å². The van der Waals surface area contributed by atoms with Crippen molar-refractivity contribution in [2.24, 2.45) is 0 Å². The number of rotatable bonds is 2. The highest BCUT2D eigenvalue weighted by Gasteiger charge is 2.27. The summed E-state index contributed by atoms with van der Waals surface area (Å²) in [6.45, 7) is 13.3. The lowest BCUT2D eigenvalue weighted by molar-refractivity contribution is 0.511. The second kappa shape index (κ2) is 6.68. The first-order chi connectivity index (χ1) is 12.2. The van der Waals surface area contributed by atoms with Crippen LogP contribution < -0.4 is 0 Å². The first-order valence-electron chi connectivity index (χ1n) is 9.20. The second-order valence-electron chi connectivity index (χ2n) is 8.90. The highest BCUT2D eigenvalue weighted by molar-refractivity contribution is 5.67. The van der Waals surface area contributed by atoms with Gasteiger partial charge in [-0.25, -0.2) is 9.97 Å². The molecular formula is C24H28N2. The first-order valence-corrected chi connectivity index (χ1v) is 9.20. The molecule has 0 saturated carbocycles. The molecule has 0 aliphatic rings. The van der Waals surface area contributed by atoms with Crippen molar-refractivity contribution in [1.29, 1.82) is 0 Å². The van der Waals surface area contributed by atoms with Crippen LogP contribution in [0.25, 0.3) is 22.5 Å². The summed E-state index contributed by atoms with van der Waals surface area (Å²) in [4.78, 5) is 9.65. The maximum Gasteiger partial charge on any atom is 0.159 e. The van der Waals surface area contributed by atoms with Crippen molar-refractivity contribution in [1.82, 2.24) is 9.97 Å². The summed E-state index contributed by atoms with van der Waals surface area (Å²) in [5, 5.41) is 0. The normalized spacial score (nSPS) is 12.2. The molecule has 2 heteroatoms. The van der Waals surface area contributed by atoms with Gasteiger partial charge in [-0.05, 0) is 22.1 Å². The molecule has 0 aliphatic heterocycles. The minimum absolute atomic E-state index is 0.0235. The van der Waals surface area contributed by atoms with Gasteiger partial charge in [0.2, 0.25) is 0 Å². The van der Waals surface area contributed by atoms with Crippen LogP contribution in [0, 0.1) is 0 Å². The van der Waals surface area contributed by atoms with Crippen LogP contribution in [0.15, 0.2) is 60.8 Å². The molecule has 0 fully saturated rings. The van der Waals surface area contributed by atoms with E-state index in [0.29, 0.717) is 0 Å². The summed E-state index contributed by atoms with van der Waals surface area (Å²) < 4.78 is 0. The topological polar surface area (TPSA) is 25.8 Å². The van der Waals surface area contributed by atoms with Gasteiger partial charge in [-0.1, -0.05) is 96.1 Å². The number of nitrogens with zero attached hydrogens (tertiary/aromatic N) is 2. The Balaban J connectivity index is 2.02. The van der Waals surface area contributed by atoms with Crippen molar-refractivity contribution >= 4 is 0 Å². The lowest BCUT2D eigenvalue weighted by Crippen LogP contribution is -2.24. The van der Waals surface area contributed by atoms with Crippen molar-refractivity contribution in [2.45, 2.75) is 52.4 Å². The van der Waals surface area contributed by atoms with E-state index in [2.05, 4.69) is 95.1 Å². The van der Waals surface area contributed by atoms with E-state index in [4.69, 9.17) is 4.98 Å². The molecule has 3 aromatic rings. The van der Waals surface area contributed by atoms with Gasteiger partial charge in [-0.15, -0.1) is 0 Å². The van der Waals surface area contributed by atoms with Crippen LogP contribution in [0.2, 0.25) is 0 Å². The minimum atomic E-state index is -0.0235. The zero-order chi connectivity index (χ0) is 18.9. The molecule has 0 unspecified atom stereocenters. The Bertz CT molecular complexity index is 880. The van der Waals surface area contributed by atoms with E-state index >= 15 is 0 Å². The van der Waals surface area contributed by atoms with Crippen molar-refractivity contribution in [2.75, 3.05) is 0 Å². The maximum atomic E-state index is 4.97. The maximum absolute atomic E-state index is 4.97. The van der Waals surface area contributed by atoms with Crippen LogP contribution in [0.3, 0.4) is 0 Å². The Labute approximate surface area is 157 Å². The molecule has 0 N–H and O–H groups in total. The fourth-order valence-corrected chi connectivity index (χ4v) is 3.08. The Morgan fingerprint density at radius 1 is 0.615 bits per heavy atom. The molecule has 134 valence electrons. The molecule has 1 aromatic heterocycles. The fourth-order valence-electron chi connectivity index (χ4n) is 3.08. The van der Waals surface area contributed by atoms with Crippen LogP contribution in [0.5, 0.6) is 0 Å². The number of aromatic nitrogens is 2. The molecule has 0 spiro atoms. The highest BCUT2D eigenvalue weighted by atomic mass is 14.9. The third-order valence-corrected chi connectivity index (χ3v) is 4.56. The quantitative estimate of drug-likeness (QED) is 0.537. The van der Waals surface area contributed by atoms with Gasteiger partial charge in [-0.3, -0.25) is 0 Å². The lowest BCUT2D eigenvalue weighted by atomic mass is 9.79. The third-order valence-electron chi connectivity index (χ3n) is 4.56. The van der Waals surface area contributed by atoms with Gasteiger partial charge >= 0.3 is 0 Å². The van der Waals surface area contributed by atoms with E-state index in [1.165, 1.54) is 16.7 Å². The second-order valence-corrected chi connectivity index (χ2v) is 8.90. The van der Waals surface area contributed by atoms with E-state index in [1.54, 1.807) is 0 Å². The van der Waals surface area contributed by atoms with Crippen LogP contribution >= 0.6 is 0 Å². The van der Waals surface area contributed by atoms with E-state index in [9.17, 15) is 0 Å². The number of hydrogen-bond acceptors (Lipinski definition) is 2. The molecule has 0 amide bonds. The fraction of sp³-hybridized carbons (Fsp3) is 0.333. The average molecular weight is 345 g/mol. The van der Waals surface area contributed by atoms with E-state index in [-0.39, 0.29) is 10.8 Å². The SMILES string of the molecule is CC(C)(C)c1cnc(-c2ccc(-c3ccccc3)cc2)nc1C(C)(C)C. The van der Waals surface area contributed by atoms with E-state index in [0.717, 1.165) is 17.1 Å². The summed E-state index contributed by atoms with van der Waals surface area (Å²) in [5.74, 6) is 0.794. The Hall–Kier alpha value is -2.48. The smallest absolute Gasteiger partial charge is 0.159 e. The molecule has 0 bridgehead atoms. The largest absolute Gasteiger partial charge is 0.236 e. The van der Waals surface area contributed by atoms with Gasteiger partial charge in [-0.2, -0.15) is 0 Å². The predicted molar refractivity (Wildman–Crippen MR) is 110 cm³/mol. The van der Waals surface area contributed by atoms with E-state index < -0.39 is 0 Å². The van der Waals surface area contributed by atoms with Crippen LogP contribution in [-0.4, -0.2) is 9.97 Å². The monoisotopic (exact) mass is 344 g/mol. The van der Waals surface area contributed by atoms with Crippen molar-refractivity contribution in [3.05, 3.63) is 72.1 Å². The molecule has 26 heavy (non-hydrogen) atoms. The molecule has 0 atom stereocenters. The molecule has 0 aliphatic carbocycles. The van der Waals surface area contributed by atoms with Gasteiger partial charge in [0.25, 0.3) is 0 Å². The predicted octanol–water partition coefficient (Wildman–Crippen LogP) is 6.41. The molecule has 0 radical (unpaired) electrons. The average Bonchev–Trinajstić information content (AvgIpc) is 2.61. The van der Waals surface area contributed by atoms with Gasteiger partial charge in [0.1, 0.15) is 0 Å². The van der Waals surface area contributed by atoms with E-state index in [1.807, 2.05) is 12.3 Å². The number of hydrogen-bond donors (Lipinski definition) is 0. The molecule has 0 saturated heterocycles. The van der Waals surface area contributed by atoms with Crippen LogP contribution in [-0.2, 0) is 10.8 Å². The molecule has 2 nitrogen and oxygen atoms in total. The van der Waals surface area contributed by atoms with Crippen LogP contribution in [0.4, 0.5) is 0 Å². The Morgan fingerprint density at radius 2 is 1.15 bits per heavy atom. The summed E-state index contributed by atoms with van der Waals surface area (Å²) in [6, 6.07) is 18.9. The van der Waals surface area contributed by atoms with Crippen molar-refractivity contribution in [3.8, 4) is 22.5 Å². The third kappa shape index (κ3) is 3.85.